The number of hydrogen-bond acceptors (Lipinski definition) is 6. The molecule has 30 heavy (non-hydrogen) atoms. The summed E-state index contributed by atoms with van der Waals surface area (Å²) in [5.41, 5.74) is 3.40. The minimum atomic E-state index is -0.0701. The van der Waals surface area contributed by atoms with Crippen LogP contribution in [0.3, 0.4) is 0 Å². The lowest BCUT2D eigenvalue weighted by Crippen LogP contribution is -2.14. The molecule has 1 atom stereocenters. The number of anilines is 1. The molecule has 0 radical (unpaired) electrons. The summed E-state index contributed by atoms with van der Waals surface area (Å²) in [5, 5.41) is 14.8. The van der Waals surface area contributed by atoms with E-state index in [4.69, 9.17) is 4.74 Å². The van der Waals surface area contributed by atoms with Crippen LogP contribution in [0.1, 0.15) is 30.7 Å². The smallest absolute Gasteiger partial charge is 0.234 e. The molecule has 0 saturated heterocycles. The summed E-state index contributed by atoms with van der Waals surface area (Å²) in [4.78, 5) is 13.9. The molecule has 8 heteroatoms. The maximum absolute atomic E-state index is 12.4. The number of carbonyl (C=O) groups is 1. The van der Waals surface area contributed by atoms with Crippen LogP contribution in [0.25, 0.3) is 11.4 Å². The number of benzene rings is 1. The third kappa shape index (κ3) is 4.39. The molecule has 4 rings (SSSR count). The molecule has 0 spiro atoms. The Labute approximate surface area is 185 Å². The van der Waals surface area contributed by atoms with Crippen LogP contribution in [0.15, 0.2) is 34.8 Å². The van der Waals surface area contributed by atoms with Crippen molar-refractivity contribution in [2.24, 2.45) is 5.92 Å². The maximum Gasteiger partial charge on any atom is 0.234 e. The zero-order valence-electron chi connectivity index (χ0n) is 17.5. The summed E-state index contributed by atoms with van der Waals surface area (Å²) in [6.07, 6.45) is 3.50. The molecular weight excluding hydrogens is 416 g/mol. The van der Waals surface area contributed by atoms with Crippen LogP contribution in [0.2, 0.25) is 0 Å². The minimum Gasteiger partial charge on any atom is -0.497 e. The van der Waals surface area contributed by atoms with Gasteiger partial charge in [-0.15, -0.1) is 21.5 Å². The second kappa shape index (κ2) is 9.22. The average molecular weight is 443 g/mol. The summed E-state index contributed by atoms with van der Waals surface area (Å²) >= 11 is 3.26. The number of thioether (sulfide) groups is 1. The van der Waals surface area contributed by atoms with E-state index in [0.717, 1.165) is 47.7 Å². The number of nitrogens with zero attached hydrogens (tertiary/aromatic N) is 3. The van der Waals surface area contributed by atoms with Gasteiger partial charge in [0.2, 0.25) is 5.91 Å². The molecule has 0 bridgehead atoms. The SMILES string of the molecule is CCn1c(SCC(=O)Nc2ccc(OC)cc2)nnc1-c1csc2c1CCC(C)C2. The van der Waals surface area contributed by atoms with Gasteiger partial charge in [-0.3, -0.25) is 4.79 Å². The van der Waals surface area contributed by atoms with Gasteiger partial charge in [-0.1, -0.05) is 18.7 Å². The summed E-state index contributed by atoms with van der Waals surface area (Å²) in [6, 6.07) is 7.30. The highest BCUT2D eigenvalue weighted by molar-refractivity contribution is 7.99. The molecule has 2 aromatic heterocycles. The van der Waals surface area contributed by atoms with E-state index in [0.29, 0.717) is 0 Å². The lowest BCUT2D eigenvalue weighted by molar-refractivity contribution is -0.113. The van der Waals surface area contributed by atoms with E-state index >= 15 is 0 Å². The maximum atomic E-state index is 12.4. The van der Waals surface area contributed by atoms with E-state index in [-0.39, 0.29) is 11.7 Å². The number of hydrogen-bond donors (Lipinski definition) is 1. The number of ether oxygens (including phenoxy) is 1. The van der Waals surface area contributed by atoms with Gasteiger partial charge in [-0.25, -0.2) is 0 Å². The third-order valence-electron chi connectivity index (χ3n) is 5.38. The number of carbonyl (C=O) groups excluding carboxylic acids is 1. The van der Waals surface area contributed by atoms with Crippen LogP contribution >= 0.6 is 23.1 Å². The van der Waals surface area contributed by atoms with E-state index in [2.05, 4.69) is 39.3 Å². The first-order valence-electron chi connectivity index (χ1n) is 10.2. The van der Waals surface area contributed by atoms with Gasteiger partial charge in [-0.2, -0.15) is 0 Å². The minimum absolute atomic E-state index is 0.0701. The van der Waals surface area contributed by atoms with Crippen LogP contribution in [-0.4, -0.2) is 33.5 Å². The number of fused-ring (bicyclic) bond motifs is 1. The molecule has 0 aliphatic heterocycles. The van der Waals surface area contributed by atoms with Gasteiger partial charge < -0.3 is 14.6 Å². The molecule has 1 N–H and O–H groups in total. The predicted octanol–water partition coefficient (Wildman–Crippen LogP) is 4.89. The fraction of sp³-hybridized carbons (Fsp3) is 0.409. The molecule has 1 amide bonds. The first-order chi connectivity index (χ1) is 14.6. The largest absolute Gasteiger partial charge is 0.497 e. The molecule has 1 aromatic carbocycles. The standard InChI is InChI=1S/C22H26N4O2S2/c1-4-26-21(18-12-29-19-11-14(2)5-10-17(18)19)24-25-22(26)30-13-20(27)23-15-6-8-16(28-3)9-7-15/h6-9,12,14H,4-5,10-11,13H2,1-3H3,(H,23,27). The highest BCUT2D eigenvalue weighted by Gasteiger charge is 2.24. The lowest BCUT2D eigenvalue weighted by Gasteiger charge is -2.19. The Hall–Kier alpha value is -2.32. The number of aromatic nitrogens is 3. The van der Waals surface area contributed by atoms with Crippen LogP contribution in [0.5, 0.6) is 5.75 Å². The number of thiophene rings is 1. The monoisotopic (exact) mass is 442 g/mol. The lowest BCUT2D eigenvalue weighted by atomic mass is 9.88. The normalized spacial score (nSPS) is 15.6. The van der Waals surface area contributed by atoms with Crippen molar-refractivity contribution in [2.75, 3.05) is 18.2 Å². The highest BCUT2D eigenvalue weighted by Crippen LogP contribution is 2.38. The number of methoxy groups -OCH3 is 1. The van der Waals surface area contributed by atoms with E-state index < -0.39 is 0 Å². The second-order valence-corrected chi connectivity index (χ2v) is 9.42. The van der Waals surface area contributed by atoms with Crippen LogP contribution in [0.4, 0.5) is 5.69 Å². The van der Waals surface area contributed by atoms with Crippen LogP contribution < -0.4 is 10.1 Å². The van der Waals surface area contributed by atoms with Gasteiger partial charge in [0.05, 0.1) is 12.9 Å². The number of rotatable bonds is 7. The van der Waals surface area contributed by atoms with Gasteiger partial charge in [-0.05, 0) is 61.9 Å². The number of amides is 1. The fourth-order valence-electron chi connectivity index (χ4n) is 3.75. The zero-order valence-corrected chi connectivity index (χ0v) is 19.1. The topological polar surface area (TPSA) is 69.0 Å². The van der Waals surface area contributed by atoms with Crippen molar-refractivity contribution in [2.45, 2.75) is 44.8 Å². The fourth-order valence-corrected chi connectivity index (χ4v) is 5.79. The molecule has 1 aliphatic rings. The summed E-state index contributed by atoms with van der Waals surface area (Å²) in [6.45, 7) is 5.18. The molecule has 158 valence electrons. The van der Waals surface area contributed by atoms with Crippen molar-refractivity contribution in [3.8, 4) is 17.1 Å². The molecular formula is C22H26N4O2S2. The first-order valence-corrected chi connectivity index (χ1v) is 12.0. The highest BCUT2D eigenvalue weighted by atomic mass is 32.2. The van der Waals surface area contributed by atoms with Crippen molar-refractivity contribution < 1.29 is 9.53 Å². The second-order valence-electron chi connectivity index (χ2n) is 7.51. The zero-order chi connectivity index (χ0) is 21.1. The Kier molecular flexibility index (Phi) is 6.43. The van der Waals surface area contributed by atoms with Crippen molar-refractivity contribution in [1.29, 1.82) is 0 Å². The van der Waals surface area contributed by atoms with Crippen molar-refractivity contribution in [1.82, 2.24) is 14.8 Å². The Morgan fingerprint density at radius 1 is 1.33 bits per heavy atom. The summed E-state index contributed by atoms with van der Waals surface area (Å²) < 4.78 is 7.26. The molecule has 1 unspecified atom stereocenters. The summed E-state index contributed by atoms with van der Waals surface area (Å²) in [5.74, 6) is 2.64. The first kappa shape index (κ1) is 20.9. The van der Waals surface area contributed by atoms with Crippen molar-refractivity contribution in [3.63, 3.8) is 0 Å². The van der Waals surface area contributed by atoms with Gasteiger partial charge in [0.25, 0.3) is 0 Å². The van der Waals surface area contributed by atoms with Crippen molar-refractivity contribution in [3.05, 3.63) is 40.1 Å². The Morgan fingerprint density at radius 3 is 2.87 bits per heavy atom. The summed E-state index contributed by atoms with van der Waals surface area (Å²) in [7, 11) is 1.62. The number of nitrogens with one attached hydrogen (secondary N) is 1. The Bertz CT molecular complexity index is 1030. The molecule has 1 aliphatic carbocycles. The average Bonchev–Trinajstić information content (AvgIpc) is 3.35. The molecule has 2 heterocycles. The van der Waals surface area contributed by atoms with Gasteiger partial charge in [0.15, 0.2) is 11.0 Å². The molecule has 0 fully saturated rings. The molecule has 0 saturated carbocycles. The molecule has 3 aromatic rings. The van der Waals surface area contributed by atoms with Crippen molar-refractivity contribution >= 4 is 34.7 Å². The third-order valence-corrected chi connectivity index (χ3v) is 7.40. The quantitative estimate of drug-likeness (QED) is 0.528. The molecule has 6 nitrogen and oxygen atoms in total. The van der Waals surface area contributed by atoms with Gasteiger partial charge >= 0.3 is 0 Å². The Morgan fingerprint density at radius 2 is 2.13 bits per heavy atom. The van der Waals surface area contributed by atoms with Crippen LogP contribution in [-0.2, 0) is 24.2 Å². The van der Waals surface area contributed by atoms with E-state index in [9.17, 15) is 4.79 Å². The predicted molar refractivity (Wildman–Crippen MR) is 123 cm³/mol. The van der Waals surface area contributed by atoms with E-state index in [1.807, 2.05) is 35.6 Å². The van der Waals surface area contributed by atoms with E-state index in [1.54, 1.807) is 7.11 Å². The van der Waals surface area contributed by atoms with Crippen LogP contribution in [0, 0.1) is 5.92 Å². The van der Waals surface area contributed by atoms with E-state index in [1.165, 1.54) is 34.2 Å². The van der Waals surface area contributed by atoms with Gasteiger partial charge in [0.1, 0.15) is 5.75 Å². The van der Waals surface area contributed by atoms with Gasteiger partial charge in [0, 0.05) is 28.1 Å². The Balaban J connectivity index is 1.44.